The zero-order chi connectivity index (χ0) is 11.7. The van der Waals surface area contributed by atoms with Crippen molar-refractivity contribution in [1.29, 1.82) is 0 Å². The number of H-pyrrole nitrogens is 1. The molecule has 0 aliphatic carbocycles. The number of aliphatic hydroxyl groups excluding tert-OH is 2. The van der Waals surface area contributed by atoms with Crippen molar-refractivity contribution in [2.24, 2.45) is 0 Å². The Hall–Kier alpha value is -1.04. The van der Waals surface area contributed by atoms with E-state index in [-0.39, 0.29) is 5.75 Å². The van der Waals surface area contributed by atoms with Crippen LogP contribution in [0, 0.1) is 6.92 Å². The van der Waals surface area contributed by atoms with Gasteiger partial charge < -0.3 is 10.2 Å². The first-order valence-electron chi connectivity index (χ1n) is 5.05. The van der Waals surface area contributed by atoms with E-state index in [1.807, 2.05) is 13.0 Å². The van der Waals surface area contributed by atoms with Gasteiger partial charge in [0, 0.05) is 16.8 Å². The highest BCUT2D eigenvalue weighted by atomic mass is 32.1. The molecule has 0 aliphatic heterocycles. The first-order valence-corrected chi connectivity index (χ1v) is 5.68. The van der Waals surface area contributed by atoms with Crippen LogP contribution >= 0.6 is 12.6 Å². The van der Waals surface area contributed by atoms with E-state index in [2.05, 4.69) is 22.8 Å². The van der Waals surface area contributed by atoms with Crippen LogP contribution in [0.3, 0.4) is 0 Å². The number of hydrogen-bond acceptors (Lipinski definition) is 4. The fourth-order valence-electron chi connectivity index (χ4n) is 1.67. The molecule has 0 fully saturated rings. The third kappa shape index (κ3) is 1.93. The first-order chi connectivity index (χ1) is 7.63. The van der Waals surface area contributed by atoms with Crippen molar-refractivity contribution in [3.63, 3.8) is 0 Å². The van der Waals surface area contributed by atoms with Crippen LogP contribution in [-0.2, 0) is 0 Å². The monoisotopic (exact) mass is 238 g/mol. The van der Waals surface area contributed by atoms with Crippen molar-refractivity contribution in [2.45, 2.75) is 19.1 Å². The molecule has 0 saturated heterocycles. The second-order valence-electron chi connectivity index (χ2n) is 3.82. The average Bonchev–Trinajstić information content (AvgIpc) is 2.68. The molecule has 0 amide bonds. The molecule has 2 atom stereocenters. The van der Waals surface area contributed by atoms with Crippen molar-refractivity contribution in [2.75, 3.05) is 5.75 Å². The van der Waals surface area contributed by atoms with Crippen LogP contribution in [0.2, 0.25) is 0 Å². The summed E-state index contributed by atoms with van der Waals surface area (Å²) in [5.41, 5.74) is 2.44. The van der Waals surface area contributed by atoms with Gasteiger partial charge in [-0.15, -0.1) is 0 Å². The van der Waals surface area contributed by atoms with Crippen molar-refractivity contribution < 1.29 is 10.2 Å². The summed E-state index contributed by atoms with van der Waals surface area (Å²) in [7, 11) is 0. The zero-order valence-electron chi connectivity index (χ0n) is 8.88. The number of thiol groups is 1. The Kier molecular flexibility index (Phi) is 3.18. The molecule has 0 aliphatic rings. The maximum absolute atomic E-state index is 9.82. The van der Waals surface area contributed by atoms with Gasteiger partial charge in [-0.05, 0) is 18.6 Å². The topological polar surface area (TPSA) is 69.1 Å². The van der Waals surface area contributed by atoms with Gasteiger partial charge in [-0.25, -0.2) is 0 Å². The maximum Gasteiger partial charge on any atom is 0.106 e. The number of hydrogen-bond donors (Lipinski definition) is 4. The van der Waals surface area contributed by atoms with Crippen LogP contribution in [0.1, 0.15) is 17.4 Å². The highest BCUT2D eigenvalue weighted by Crippen LogP contribution is 2.23. The first kappa shape index (κ1) is 11.4. The third-order valence-corrected chi connectivity index (χ3v) is 3.04. The second-order valence-corrected chi connectivity index (χ2v) is 4.19. The van der Waals surface area contributed by atoms with Gasteiger partial charge in [0.15, 0.2) is 0 Å². The number of nitrogens with one attached hydrogen (secondary N) is 1. The largest absolute Gasteiger partial charge is 0.389 e. The second kappa shape index (κ2) is 4.45. The van der Waals surface area contributed by atoms with Crippen LogP contribution in [0.15, 0.2) is 18.2 Å². The minimum Gasteiger partial charge on any atom is -0.389 e. The fraction of sp³-hybridized carbons (Fsp3) is 0.364. The molecule has 5 heteroatoms. The number of benzene rings is 1. The van der Waals surface area contributed by atoms with Crippen molar-refractivity contribution in [3.05, 3.63) is 29.5 Å². The van der Waals surface area contributed by atoms with Crippen LogP contribution in [0.25, 0.3) is 10.9 Å². The van der Waals surface area contributed by atoms with E-state index in [9.17, 15) is 10.2 Å². The zero-order valence-corrected chi connectivity index (χ0v) is 9.78. The van der Waals surface area contributed by atoms with Gasteiger partial charge >= 0.3 is 0 Å². The predicted molar refractivity (Wildman–Crippen MR) is 65.7 cm³/mol. The lowest BCUT2D eigenvalue weighted by Gasteiger charge is -2.15. The quantitative estimate of drug-likeness (QED) is 0.607. The number of fused-ring (bicyclic) bond motifs is 1. The average molecular weight is 238 g/mol. The van der Waals surface area contributed by atoms with E-state index in [0.717, 1.165) is 16.6 Å². The van der Waals surface area contributed by atoms with Gasteiger partial charge in [-0.3, -0.25) is 5.10 Å². The summed E-state index contributed by atoms with van der Waals surface area (Å²) in [5, 5.41) is 27.3. The van der Waals surface area contributed by atoms with Crippen LogP contribution in [0.5, 0.6) is 0 Å². The summed E-state index contributed by atoms with van der Waals surface area (Å²) < 4.78 is 0. The Morgan fingerprint density at radius 2 is 2.19 bits per heavy atom. The normalized spacial score (nSPS) is 15.2. The Morgan fingerprint density at radius 3 is 2.88 bits per heavy atom. The van der Waals surface area contributed by atoms with Gasteiger partial charge in [-0.1, -0.05) is 12.1 Å². The Morgan fingerprint density at radius 1 is 1.44 bits per heavy atom. The SMILES string of the molecule is Cc1[nH]nc2cc(C(O)C(O)CS)ccc12. The molecule has 4 nitrogen and oxygen atoms in total. The van der Waals surface area contributed by atoms with Gasteiger partial charge in [0.1, 0.15) is 6.10 Å². The number of aryl methyl sites for hydroxylation is 1. The van der Waals surface area contributed by atoms with E-state index >= 15 is 0 Å². The lowest BCUT2D eigenvalue weighted by molar-refractivity contribution is 0.0338. The smallest absolute Gasteiger partial charge is 0.106 e. The molecule has 2 aromatic rings. The number of aromatic amines is 1. The van der Waals surface area contributed by atoms with Crippen LogP contribution in [-0.4, -0.2) is 32.3 Å². The summed E-state index contributed by atoms with van der Waals surface area (Å²) in [6, 6.07) is 5.45. The van der Waals surface area contributed by atoms with E-state index in [0.29, 0.717) is 5.56 Å². The van der Waals surface area contributed by atoms with E-state index < -0.39 is 12.2 Å². The van der Waals surface area contributed by atoms with Gasteiger partial charge in [0.05, 0.1) is 11.6 Å². The van der Waals surface area contributed by atoms with Crippen molar-refractivity contribution >= 4 is 23.5 Å². The Bertz CT molecular complexity index is 498. The van der Waals surface area contributed by atoms with E-state index in [1.165, 1.54) is 0 Å². The van der Waals surface area contributed by atoms with Crippen LogP contribution in [0.4, 0.5) is 0 Å². The number of nitrogens with zero attached hydrogens (tertiary/aromatic N) is 1. The molecule has 0 saturated carbocycles. The molecule has 1 heterocycles. The molecule has 0 spiro atoms. The molecule has 0 radical (unpaired) electrons. The maximum atomic E-state index is 9.82. The molecular formula is C11H14N2O2S. The molecular weight excluding hydrogens is 224 g/mol. The van der Waals surface area contributed by atoms with Crippen molar-refractivity contribution in [3.8, 4) is 0 Å². The summed E-state index contributed by atoms with van der Waals surface area (Å²) in [6.45, 7) is 1.94. The third-order valence-electron chi connectivity index (χ3n) is 2.66. The summed E-state index contributed by atoms with van der Waals surface area (Å²) in [4.78, 5) is 0. The molecule has 2 unspecified atom stereocenters. The Labute approximate surface area is 98.7 Å². The summed E-state index contributed by atoms with van der Waals surface area (Å²) in [5.74, 6) is 0.221. The number of aromatic nitrogens is 2. The van der Waals surface area contributed by atoms with Gasteiger partial charge in [-0.2, -0.15) is 17.7 Å². The minimum atomic E-state index is -0.918. The minimum absolute atomic E-state index is 0.221. The predicted octanol–water partition coefficient (Wildman–Crippen LogP) is 1.20. The number of rotatable bonds is 3. The van der Waals surface area contributed by atoms with E-state index in [4.69, 9.17) is 0 Å². The van der Waals surface area contributed by atoms with E-state index in [1.54, 1.807) is 12.1 Å². The lowest BCUT2D eigenvalue weighted by Crippen LogP contribution is -2.19. The molecule has 86 valence electrons. The summed E-state index contributed by atoms with van der Waals surface area (Å²) >= 11 is 3.95. The van der Waals surface area contributed by atoms with Gasteiger partial charge in [0.2, 0.25) is 0 Å². The molecule has 3 N–H and O–H groups in total. The highest BCUT2D eigenvalue weighted by molar-refractivity contribution is 7.80. The summed E-state index contributed by atoms with van der Waals surface area (Å²) in [6.07, 6.45) is -1.78. The molecule has 1 aromatic heterocycles. The fourth-order valence-corrected chi connectivity index (χ4v) is 1.87. The molecule has 2 rings (SSSR count). The standard InChI is InChI=1S/C11H14N2O2S/c1-6-8-3-2-7(4-9(8)13-12-6)11(15)10(14)5-16/h2-4,10-11,14-16H,5H2,1H3,(H,12,13). The molecule has 0 bridgehead atoms. The van der Waals surface area contributed by atoms with Gasteiger partial charge in [0.25, 0.3) is 0 Å². The number of aliphatic hydroxyl groups is 2. The van der Waals surface area contributed by atoms with Crippen molar-refractivity contribution in [1.82, 2.24) is 10.2 Å². The lowest BCUT2D eigenvalue weighted by atomic mass is 10.0. The molecule has 16 heavy (non-hydrogen) atoms. The highest BCUT2D eigenvalue weighted by Gasteiger charge is 2.17. The molecule has 1 aromatic carbocycles. The Balaban J connectivity index is 2.39. The van der Waals surface area contributed by atoms with Crippen LogP contribution < -0.4 is 0 Å².